The van der Waals surface area contributed by atoms with Crippen LogP contribution >= 0.6 is 0 Å². The summed E-state index contributed by atoms with van der Waals surface area (Å²) in [6.45, 7) is 7.08. The van der Waals surface area contributed by atoms with Crippen molar-refractivity contribution in [2.24, 2.45) is 5.41 Å². The van der Waals surface area contributed by atoms with Crippen LogP contribution in [-0.4, -0.2) is 13.7 Å². The molecule has 2 heteroatoms. The van der Waals surface area contributed by atoms with Crippen molar-refractivity contribution >= 4 is 0 Å². The maximum atomic E-state index is 5.29. The van der Waals surface area contributed by atoms with E-state index in [0.29, 0.717) is 5.95 Å². The van der Waals surface area contributed by atoms with Crippen molar-refractivity contribution in [2.75, 3.05) is 13.7 Å². The highest BCUT2D eigenvalue weighted by Crippen LogP contribution is 2.35. The highest BCUT2D eigenvalue weighted by Gasteiger charge is 2.32. The molecule has 1 aliphatic rings. The van der Waals surface area contributed by atoms with Gasteiger partial charge in [-0.1, -0.05) is 13.8 Å². The van der Waals surface area contributed by atoms with Crippen LogP contribution in [0.15, 0.2) is 11.5 Å². The van der Waals surface area contributed by atoms with Gasteiger partial charge < -0.3 is 9.47 Å². The zero-order chi connectivity index (χ0) is 7.78. The third-order valence-corrected chi connectivity index (χ3v) is 2.07. The largest absolute Gasteiger partial charge is 0.469 e. The first-order valence-electron chi connectivity index (χ1n) is 3.46. The summed E-state index contributed by atoms with van der Waals surface area (Å²) >= 11 is 0. The smallest absolute Gasteiger partial charge is 0.278 e. The summed E-state index contributed by atoms with van der Waals surface area (Å²) in [7, 11) is 1.64. The van der Waals surface area contributed by atoms with Gasteiger partial charge in [-0.05, 0) is 6.92 Å². The molecule has 0 spiro atoms. The summed E-state index contributed by atoms with van der Waals surface area (Å²) in [4.78, 5) is 0. The van der Waals surface area contributed by atoms with Crippen LogP contribution in [0.1, 0.15) is 20.8 Å². The van der Waals surface area contributed by atoms with Crippen molar-refractivity contribution in [1.82, 2.24) is 0 Å². The van der Waals surface area contributed by atoms with E-state index in [1.54, 1.807) is 7.11 Å². The van der Waals surface area contributed by atoms with Crippen molar-refractivity contribution in [2.45, 2.75) is 20.8 Å². The lowest BCUT2D eigenvalue weighted by atomic mass is 9.88. The van der Waals surface area contributed by atoms with E-state index in [2.05, 4.69) is 13.8 Å². The topological polar surface area (TPSA) is 18.5 Å². The lowest BCUT2D eigenvalue weighted by Crippen LogP contribution is -2.12. The fourth-order valence-electron chi connectivity index (χ4n) is 0.951. The first kappa shape index (κ1) is 7.45. The van der Waals surface area contributed by atoms with Crippen LogP contribution in [0.3, 0.4) is 0 Å². The Labute approximate surface area is 61.8 Å². The molecule has 0 radical (unpaired) electrons. The predicted octanol–water partition coefficient (Wildman–Crippen LogP) is 1.92. The van der Waals surface area contributed by atoms with Gasteiger partial charge in [-0.25, -0.2) is 0 Å². The molecule has 0 saturated heterocycles. The SMILES string of the molecule is COC1=C(C)C(C)(C)CO1. The van der Waals surface area contributed by atoms with Crippen LogP contribution < -0.4 is 0 Å². The van der Waals surface area contributed by atoms with E-state index >= 15 is 0 Å². The number of hydrogen-bond donors (Lipinski definition) is 0. The number of hydrogen-bond acceptors (Lipinski definition) is 2. The molecule has 0 fully saturated rings. The molecular formula is C8H14O2. The Bertz CT molecular complexity index is 168. The van der Waals surface area contributed by atoms with Gasteiger partial charge in [-0.2, -0.15) is 0 Å². The van der Waals surface area contributed by atoms with Crippen molar-refractivity contribution < 1.29 is 9.47 Å². The fourth-order valence-corrected chi connectivity index (χ4v) is 0.951. The van der Waals surface area contributed by atoms with Gasteiger partial charge in [0.05, 0.1) is 7.11 Å². The number of rotatable bonds is 1. The zero-order valence-corrected chi connectivity index (χ0v) is 7.02. The second kappa shape index (κ2) is 2.19. The molecule has 0 N–H and O–H groups in total. The van der Waals surface area contributed by atoms with E-state index < -0.39 is 0 Å². The molecule has 0 bridgehead atoms. The molecule has 0 aromatic carbocycles. The predicted molar refractivity (Wildman–Crippen MR) is 39.4 cm³/mol. The summed E-state index contributed by atoms with van der Waals surface area (Å²) in [6, 6.07) is 0. The minimum absolute atomic E-state index is 0.158. The molecule has 0 aliphatic carbocycles. The maximum Gasteiger partial charge on any atom is 0.278 e. The Kier molecular flexibility index (Phi) is 1.63. The fraction of sp³-hybridized carbons (Fsp3) is 0.750. The van der Waals surface area contributed by atoms with Crippen LogP contribution in [0.25, 0.3) is 0 Å². The Hall–Kier alpha value is -0.660. The van der Waals surface area contributed by atoms with Crippen LogP contribution in [0.2, 0.25) is 0 Å². The van der Waals surface area contributed by atoms with E-state index in [1.807, 2.05) is 6.92 Å². The highest BCUT2D eigenvalue weighted by molar-refractivity contribution is 5.15. The summed E-state index contributed by atoms with van der Waals surface area (Å²) < 4.78 is 10.3. The molecule has 0 atom stereocenters. The molecule has 0 unspecified atom stereocenters. The Morgan fingerprint density at radius 3 is 2.30 bits per heavy atom. The minimum Gasteiger partial charge on any atom is -0.469 e. The third kappa shape index (κ3) is 0.981. The molecule has 0 saturated carbocycles. The maximum absolute atomic E-state index is 5.29. The molecule has 0 amide bonds. The summed E-state index contributed by atoms with van der Waals surface area (Å²) in [5.41, 5.74) is 1.36. The molecule has 1 aliphatic heterocycles. The van der Waals surface area contributed by atoms with E-state index in [9.17, 15) is 0 Å². The van der Waals surface area contributed by atoms with Gasteiger partial charge in [0.15, 0.2) is 0 Å². The van der Waals surface area contributed by atoms with E-state index in [4.69, 9.17) is 9.47 Å². The van der Waals surface area contributed by atoms with E-state index in [1.165, 1.54) is 5.57 Å². The first-order valence-corrected chi connectivity index (χ1v) is 3.46. The standard InChI is InChI=1S/C8H14O2/c1-6-7(9-4)10-5-8(6,2)3/h5H2,1-4H3. The van der Waals surface area contributed by atoms with Crippen molar-refractivity contribution in [3.63, 3.8) is 0 Å². The van der Waals surface area contributed by atoms with Crippen LogP contribution in [0.4, 0.5) is 0 Å². The quantitative estimate of drug-likeness (QED) is 0.557. The lowest BCUT2D eigenvalue weighted by molar-refractivity contribution is 0.0673. The van der Waals surface area contributed by atoms with Crippen LogP contribution in [0, 0.1) is 5.41 Å². The molecule has 1 heterocycles. The average molecular weight is 142 g/mol. The third-order valence-electron chi connectivity index (χ3n) is 2.07. The molecule has 58 valence electrons. The zero-order valence-electron chi connectivity index (χ0n) is 7.02. The van der Waals surface area contributed by atoms with Gasteiger partial charge in [0.1, 0.15) is 6.61 Å². The molecule has 10 heavy (non-hydrogen) atoms. The van der Waals surface area contributed by atoms with Crippen molar-refractivity contribution in [3.8, 4) is 0 Å². The monoisotopic (exact) mass is 142 g/mol. The lowest BCUT2D eigenvalue weighted by Gasteiger charge is -2.14. The van der Waals surface area contributed by atoms with E-state index in [0.717, 1.165) is 6.61 Å². The number of ether oxygens (including phenoxy) is 2. The first-order chi connectivity index (χ1) is 4.58. The summed E-state index contributed by atoms with van der Waals surface area (Å²) in [5.74, 6) is 0.699. The Morgan fingerprint density at radius 2 is 2.10 bits per heavy atom. The molecule has 0 aromatic rings. The van der Waals surface area contributed by atoms with Crippen LogP contribution in [-0.2, 0) is 9.47 Å². The normalized spacial score (nSPS) is 22.8. The Balaban J connectivity index is 2.84. The second-order valence-corrected chi connectivity index (χ2v) is 3.29. The van der Waals surface area contributed by atoms with Gasteiger partial charge in [-0.3, -0.25) is 0 Å². The second-order valence-electron chi connectivity index (χ2n) is 3.29. The van der Waals surface area contributed by atoms with Gasteiger partial charge in [0.2, 0.25) is 0 Å². The molecule has 1 rings (SSSR count). The molecule has 2 nitrogen and oxygen atoms in total. The summed E-state index contributed by atoms with van der Waals surface area (Å²) in [5, 5.41) is 0. The van der Waals surface area contributed by atoms with Crippen molar-refractivity contribution in [1.29, 1.82) is 0 Å². The molecular weight excluding hydrogens is 128 g/mol. The average Bonchev–Trinajstić information content (AvgIpc) is 2.10. The van der Waals surface area contributed by atoms with E-state index in [-0.39, 0.29) is 5.41 Å². The van der Waals surface area contributed by atoms with Gasteiger partial charge in [-0.15, -0.1) is 0 Å². The minimum atomic E-state index is 0.158. The van der Waals surface area contributed by atoms with Gasteiger partial charge in [0.25, 0.3) is 5.95 Å². The van der Waals surface area contributed by atoms with Gasteiger partial charge in [0, 0.05) is 11.0 Å². The number of methoxy groups -OCH3 is 1. The van der Waals surface area contributed by atoms with Crippen LogP contribution in [0.5, 0.6) is 0 Å². The highest BCUT2D eigenvalue weighted by atomic mass is 16.7. The summed E-state index contributed by atoms with van der Waals surface area (Å²) in [6.07, 6.45) is 0. The Morgan fingerprint density at radius 1 is 1.50 bits per heavy atom. The molecule has 0 aromatic heterocycles. The van der Waals surface area contributed by atoms with Gasteiger partial charge >= 0.3 is 0 Å². The van der Waals surface area contributed by atoms with Crippen molar-refractivity contribution in [3.05, 3.63) is 11.5 Å².